The zero-order valence-corrected chi connectivity index (χ0v) is 14.0. The van der Waals surface area contributed by atoms with Crippen molar-refractivity contribution in [1.29, 1.82) is 0 Å². The maximum atomic E-state index is 11.9. The molecule has 6 nitrogen and oxygen atoms in total. The maximum Gasteiger partial charge on any atom is 0.339 e. The molecule has 0 saturated carbocycles. The van der Waals surface area contributed by atoms with E-state index in [2.05, 4.69) is 5.32 Å². The molecular formula is C15H14ClNO5S. The standard InChI is InChI=1S/C15H14ClNO5S/c1-20-12-6-13(21-2)11(5-10(12)16)17-14(18)7-22-15(19)9-3-4-23-8-9/h3-6,8H,7H2,1-2H3,(H,17,18). The Morgan fingerprint density at radius 1 is 1.22 bits per heavy atom. The zero-order chi connectivity index (χ0) is 16.8. The predicted octanol–water partition coefficient (Wildman–Crippen LogP) is 3.21. The number of hydrogen-bond donors (Lipinski definition) is 1. The SMILES string of the molecule is COc1cc(OC)c(NC(=O)COC(=O)c2ccsc2)cc1Cl. The Bertz CT molecular complexity index is 702. The van der Waals surface area contributed by atoms with E-state index in [0.717, 1.165) is 0 Å². The average molecular weight is 356 g/mol. The van der Waals surface area contributed by atoms with E-state index in [4.69, 9.17) is 25.8 Å². The van der Waals surface area contributed by atoms with Crippen LogP contribution in [0.3, 0.4) is 0 Å². The summed E-state index contributed by atoms with van der Waals surface area (Å²) < 4.78 is 15.2. The van der Waals surface area contributed by atoms with Crippen LogP contribution in [-0.2, 0) is 9.53 Å². The first kappa shape index (κ1) is 17.1. The quantitative estimate of drug-likeness (QED) is 0.805. The monoisotopic (exact) mass is 355 g/mol. The Morgan fingerprint density at radius 2 is 1.96 bits per heavy atom. The number of benzene rings is 1. The van der Waals surface area contributed by atoms with Gasteiger partial charge in [-0.2, -0.15) is 11.3 Å². The summed E-state index contributed by atoms with van der Waals surface area (Å²) in [5.41, 5.74) is 0.766. The maximum absolute atomic E-state index is 11.9. The highest BCUT2D eigenvalue weighted by Crippen LogP contribution is 2.35. The van der Waals surface area contributed by atoms with E-state index in [1.165, 1.54) is 31.6 Å². The Hall–Kier alpha value is -2.25. The molecule has 1 N–H and O–H groups in total. The molecule has 0 spiro atoms. The molecule has 1 aromatic carbocycles. The van der Waals surface area contributed by atoms with Gasteiger partial charge in [-0.25, -0.2) is 4.79 Å². The van der Waals surface area contributed by atoms with Gasteiger partial charge in [0, 0.05) is 11.4 Å². The van der Waals surface area contributed by atoms with Gasteiger partial charge in [0.25, 0.3) is 5.91 Å². The first-order valence-corrected chi connectivity index (χ1v) is 7.78. The number of carbonyl (C=O) groups is 2. The van der Waals surface area contributed by atoms with Gasteiger partial charge in [-0.05, 0) is 17.5 Å². The molecule has 2 rings (SSSR count). The highest BCUT2D eigenvalue weighted by Gasteiger charge is 2.14. The van der Waals surface area contributed by atoms with Crippen LogP contribution in [0, 0.1) is 0 Å². The number of rotatable bonds is 6. The van der Waals surface area contributed by atoms with Gasteiger partial charge in [-0.3, -0.25) is 4.79 Å². The lowest BCUT2D eigenvalue weighted by atomic mass is 10.2. The van der Waals surface area contributed by atoms with E-state index >= 15 is 0 Å². The number of methoxy groups -OCH3 is 2. The molecule has 8 heteroatoms. The van der Waals surface area contributed by atoms with Crippen molar-refractivity contribution in [3.8, 4) is 11.5 Å². The summed E-state index contributed by atoms with van der Waals surface area (Å²) in [4.78, 5) is 23.6. The summed E-state index contributed by atoms with van der Waals surface area (Å²) in [5.74, 6) is -0.261. The second kappa shape index (κ2) is 7.85. The number of nitrogens with one attached hydrogen (secondary N) is 1. The van der Waals surface area contributed by atoms with Gasteiger partial charge < -0.3 is 19.5 Å². The first-order valence-electron chi connectivity index (χ1n) is 6.46. The van der Waals surface area contributed by atoms with Gasteiger partial charge in [0.1, 0.15) is 11.5 Å². The molecular weight excluding hydrogens is 342 g/mol. The number of anilines is 1. The summed E-state index contributed by atoms with van der Waals surface area (Å²) in [5, 5.41) is 6.29. The van der Waals surface area contributed by atoms with E-state index in [-0.39, 0.29) is 0 Å². The molecule has 0 atom stereocenters. The fraction of sp³-hybridized carbons (Fsp3) is 0.200. The highest BCUT2D eigenvalue weighted by atomic mass is 35.5. The van der Waals surface area contributed by atoms with Crippen LogP contribution in [0.2, 0.25) is 5.02 Å². The number of carbonyl (C=O) groups excluding carboxylic acids is 2. The lowest BCUT2D eigenvalue weighted by Gasteiger charge is -2.13. The van der Waals surface area contributed by atoms with Gasteiger partial charge in [-0.1, -0.05) is 11.6 Å². The van der Waals surface area contributed by atoms with E-state index in [9.17, 15) is 9.59 Å². The second-order valence-corrected chi connectivity index (χ2v) is 5.51. The fourth-order valence-corrected chi connectivity index (χ4v) is 2.61. The van der Waals surface area contributed by atoms with Crippen molar-refractivity contribution in [3.05, 3.63) is 39.5 Å². The summed E-state index contributed by atoms with van der Waals surface area (Å²) in [6.07, 6.45) is 0. The number of ether oxygens (including phenoxy) is 3. The lowest BCUT2D eigenvalue weighted by molar-refractivity contribution is -0.119. The van der Waals surface area contributed by atoms with Crippen LogP contribution in [0.1, 0.15) is 10.4 Å². The van der Waals surface area contributed by atoms with Crippen LogP contribution < -0.4 is 14.8 Å². The third kappa shape index (κ3) is 4.37. The number of thiophene rings is 1. The summed E-state index contributed by atoms with van der Waals surface area (Å²) in [7, 11) is 2.93. The van der Waals surface area contributed by atoms with Crippen LogP contribution >= 0.6 is 22.9 Å². The molecule has 0 aliphatic rings. The van der Waals surface area contributed by atoms with Crippen molar-refractivity contribution in [2.45, 2.75) is 0 Å². The number of amides is 1. The molecule has 1 heterocycles. The Kier molecular flexibility index (Phi) is 5.84. The third-order valence-corrected chi connectivity index (χ3v) is 3.82. The molecule has 23 heavy (non-hydrogen) atoms. The average Bonchev–Trinajstić information content (AvgIpc) is 3.07. The minimum absolute atomic E-state index is 0.318. The molecule has 0 radical (unpaired) electrons. The highest BCUT2D eigenvalue weighted by molar-refractivity contribution is 7.08. The van der Waals surface area contributed by atoms with Crippen molar-refractivity contribution in [2.75, 3.05) is 26.1 Å². The third-order valence-electron chi connectivity index (χ3n) is 2.84. The van der Waals surface area contributed by atoms with E-state index < -0.39 is 18.5 Å². The van der Waals surface area contributed by atoms with Crippen molar-refractivity contribution >= 4 is 40.5 Å². The number of halogens is 1. The van der Waals surface area contributed by atoms with Crippen molar-refractivity contribution < 1.29 is 23.8 Å². The predicted molar refractivity (Wildman–Crippen MR) is 87.8 cm³/mol. The number of hydrogen-bond acceptors (Lipinski definition) is 6. The molecule has 2 aromatic rings. The van der Waals surface area contributed by atoms with Crippen LogP contribution in [0.4, 0.5) is 5.69 Å². The second-order valence-electron chi connectivity index (χ2n) is 4.32. The van der Waals surface area contributed by atoms with Gasteiger partial charge in [0.05, 0.1) is 30.5 Å². The van der Waals surface area contributed by atoms with E-state index in [1.807, 2.05) is 0 Å². The van der Waals surface area contributed by atoms with Crippen LogP contribution in [0.15, 0.2) is 29.0 Å². The molecule has 0 unspecified atom stereocenters. The van der Waals surface area contributed by atoms with Gasteiger partial charge >= 0.3 is 5.97 Å². The van der Waals surface area contributed by atoms with Gasteiger partial charge in [0.2, 0.25) is 0 Å². The molecule has 1 amide bonds. The first-order chi connectivity index (χ1) is 11.0. The summed E-state index contributed by atoms with van der Waals surface area (Å²) >= 11 is 7.39. The molecule has 0 saturated heterocycles. The molecule has 0 aliphatic heterocycles. The van der Waals surface area contributed by atoms with Crippen molar-refractivity contribution in [1.82, 2.24) is 0 Å². The topological polar surface area (TPSA) is 73.9 Å². The van der Waals surface area contributed by atoms with E-state index in [0.29, 0.717) is 27.8 Å². The minimum atomic E-state index is -0.555. The van der Waals surface area contributed by atoms with Crippen molar-refractivity contribution in [3.63, 3.8) is 0 Å². The molecule has 122 valence electrons. The molecule has 0 fully saturated rings. The van der Waals surface area contributed by atoms with E-state index in [1.54, 1.807) is 22.9 Å². The van der Waals surface area contributed by atoms with Crippen LogP contribution in [0.25, 0.3) is 0 Å². The normalized spacial score (nSPS) is 10.0. The zero-order valence-electron chi connectivity index (χ0n) is 12.4. The van der Waals surface area contributed by atoms with Gasteiger partial charge in [-0.15, -0.1) is 0 Å². The lowest BCUT2D eigenvalue weighted by Crippen LogP contribution is -2.21. The summed E-state index contributed by atoms with van der Waals surface area (Å²) in [6.45, 7) is -0.415. The fourth-order valence-electron chi connectivity index (χ4n) is 1.74. The molecule has 0 bridgehead atoms. The summed E-state index contributed by atoms with van der Waals surface area (Å²) in [6, 6.07) is 4.67. The van der Waals surface area contributed by atoms with Crippen molar-refractivity contribution in [2.24, 2.45) is 0 Å². The van der Waals surface area contributed by atoms with Crippen LogP contribution in [-0.4, -0.2) is 32.7 Å². The Labute approximate surface area is 141 Å². The minimum Gasteiger partial charge on any atom is -0.495 e. The Balaban J connectivity index is 2.00. The van der Waals surface area contributed by atoms with Crippen LogP contribution in [0.5, 0.6) is 11.5 Å². The molecule has 1 aromatic heterocycles. The number of esters is 1. The largest absolute Gasteiger partial charge is 0.495 e. The smallest absolute Gasteiger partial charge is 0.339 e. The van der Waals surface area contributed by atoms with Gasteiger partial charge in [0.15, 0.2) is 6.61 Å². The molecule has 0 aliphatic carbocycles. The Morgan fingerprint density at radius 3 is 2.57 bits per heavy atom.